The monoisotopic (exact) mass is 336 g/mol. The van der Waals surface area contributed by atoms with Gasteiger partial charge in [0.2, 0.25) is 5.88 Å². The summed E-state index contributed by atoms with van der Waals surface area (Å²) in [7, 11) is 1.76. The van der Waals surface area contributed by atoms with Crippen molar-refractivity contribution in [3.05, 3.63) is 23.9 Å². The minimum atomic E-state index is 0.272. The Morgan fingerprint density at radius 3 is 3.12 bits per heavy atom. The van der Waals surface area contributed by atoms with E-state index in [-0.39, 0.29) is 6.10 Å². The second-order valence-electron chi connectivity index (χ2n) is 5.50. The molecule has 1 aliphatic rings. The third-order valence-corrected chi connectivity index (χ3v) is 3.63. The summed E-state index contributed by atoms with van der Waals surface area (Å²) in [5.74, 6) is 1.42. The van der Waals surface area contributed by atoms with Crippen molar-refractivity contribution in [3.63, 3.8) is 0 Å². The summed E-state index contributed by atoms with van der Waals surface area (Å²) in [5.41, 5.74) is 1.10. The van der Waals surface area contributed by atoms with E-state index in [0.717, 1.165) is 50.7 Å². The highest BCUT2D eigenvalue weighted by Gasteiger charge is 2.15. The van der Waals surface area contributed by atoms with Crippen LogP contribution < -0.4 is 15.4 Å². The number of aliphatic imine (C=N–C) groups is 1. The van der Waals surface area contributed by atoms with Crippen LogP contribution in [0.2, 0.25) is 0 Å². The Kier molecular flexibility index (Phi) is 8.34. The molecule has 7 nitrogen and oxygen atoms in total. The predicted octanol–water partition coefficient (Wildman–Crippen LogP) is 1.34. The van der Waals surface area contributed by atoms with Crippen molar-refractivity contribution in [3.8, 4) is 5.88 Å². The van der Waals surface area contributed by atoms with E-state index in [4.69, 9.17) is 14.2 Å². The van der Waals surface area contributed by atoms with Gasteiger partial charge in [-0.25, -0.2) is 4.98 Å². The number of aromatic nitrogens is 1. The van der Waals surface area contributed by atoms with Gasteiger partial charge in [-0.05, 0) is 31.4 Å². The first-order chi connectivity index (χ1) is 11.8. The molecule has 1 unspecified atom stereocenters. The third-order valence-electron chi connectivity index (χ3n) is 3.63. The van der Waals surface area contributed by atoms with Gasteiger partial charge in [0.15, 0.2) is 5.96 Å². The molecular formula is C17H28N4O3. The minimum absolute atomic E-state index is 0.272. The molecule has 134 valence electrons. The second kappa shape index (κ2) is 10.8. The quantitative estimate of drug-likeness (QED) is 0.403. The average molecular weight is 336 g/mol. The van der Waals surface area contributed by atoms with E-state index in [1.54, 1.807) is 13.2 Å². The van der Waals surface area contributed by atoms with Gasteiger partial charge in [-0.2, -0.15) is 0 Å². The van der Waals surface area contributed by atoms with Crippen molar-refractivity contribution in [1.82, 2.24) is 15.6 Å². The molecule has 0 saturated carbocycles. The summed E-state index contributed by atoms with van der Waals surface area (Å²) in [6, 6.07) is 3.89. The molecule has 24 heavy (non-hydrogen) atoms. The SMILES string of the molecule is CCOc1cc(CNC(=NC)NCCCOC2CCOC2)ccn1. The molecule has 1 aromatic heterocycles. The first kappa shape index (κ1) is 18.5. The molecule has 0 spiro atoms. The fraction of sp³-hybridized carbons (Fsp3) is 0.647. The Morgan fingerprint density at radius 1 is 1.46 bits per heavy atom. The second-order valence-corrected chi connectivity index (χ2v) is 5.50. The Morgan fingerprint density at radius 2 is 2.38 bits per heavy atom. The molecular weight excluding hydrogens is 308 g/mol. The van der Waals surface area contributed by atoms with E-state index in [2.05, 4.69) is 20.6 Å². The minimum Gasteiger partial charge on any atom is -0.478 e. The van der Waals surface area contributed by atoms with E-state index < -0.39 is 0 Å². The lowest BCUT2D eigenvalue weighted by atomic mass is 10.2. The molecule has 0 aliphatic carbocycles. The zero-order valence-corrected chi connectivity index (χ0v) is 14.6. The fourth-order valence-electron chi connectivity index (χ4n) is 2.37. The molecule has 2 heterocycles. The lowest BCUT2D eigenvalue weighted by Gasteiger charge is -2.13. The number of nitrogens with zero attached hydrogens (tertiary/aromatic N) is 2. The summed E-state index contributed by atoms with van der Waals surface area (Å²) in [6.07, 6.45) is 3.96. The number of hydrogen-bond acceptors (Lipinski definition) is 5. The number of hydrogen-bond donors (Lipinski definition) is 2. The van der Waals surface area contributed by atoms with Gasteiger partial charge in [0.25, 0.3) is 0 Å². The van der Waals surface area contributed by atoms with Crippen LogP contribution in [0.5, 0.6) is 5.88 Å². The van der Waals surface area contributed by atoms with Crippen molar-refractivity contribution in [2.45, 2.75) is 32.4 Å². The highest BCUT2D eigenvalue weighted by Crippen LogP contribution is 2.09. The first-order valence-electron chi connectivity index (χ1n) is 8.53. The van der Waals surface area contributed by atoms with Gasteiger partial charge in [0.1, 0.15) is 0 Å². The Bertz CT molecular complexity index is 504. The van der Waals surface area contributed by atoms with E-state index in [1.165, 1.54) is 0 Å². The molecule has 0 aromatic carbocycles. The summed E-state index contributed by atoms with van der Waals surface area (Å²) >= 11 is 0. The molecule has 0 radical (unpaired) electrons. The molecule has 1 atom stereocenters. The van der Waals surface area contributed by atoms with Crippen molar-refractivity contribution in [1.29, 1.82) is 0 Å². The van der Waals surface area contributed by atoms with Crippen LogP contribution in [0.1, 0.15) is 25.3 Å². The van der Waals surface area contributed by atoms with Crippen LogP contribution >= 0.6 is 0 Å². The molecule has 7 heteroatoms. The van der Waals surface area contributed by atoms with Crippen LogP contribution in [-0.4, -0.2) is 57.1 Å². The van der Waals surface area contributed by atoms with E-state index in [1.807, 2.05) is 19.1 Å². The zero-order chi connectivity index (χ0) is 17.0. The normalized spacial score (nSPS) is 17.8. The van der Waals surface area contributed by atoms with Gasteiger partial charge < -0.3 is 24.8 Å². The van der Waals surface area contributed by atoms with Gasteiger partial charge in [0.05, 0.1) is 19.3 Å². The Balaban J connectivity index is 1.62. The maximum atomic E-state index is 5.74. The van der Waals surface area contributed by atoms with Crippen LogP contribution in [0.4, 0.5) is 0 Å². The average Bonchev–Trinajstić information content (AvgIpc) is 3.11. The Hall–Kier alpha value is -1.86. The molecule has 1 aliphatic heterocycles. The number of rotatable bonds is 9. The first-order valence-corrected chi connectivity index (χ1v) is 8.53. The zero-order valence-electron chi connectivity index (χ0n) is 14.6. The van der Waals surface area contributed by atoms with Crippen molar-refractivity contribution >= 4 is 5.96 Å². The molecule has 0 amide bonds. The highest BCUT2D eigenvalue weighted by molar-refractivity contribution is 5.79. The highest BCUT2D eigenvalue weighted by atomic mass is 16.5. The molecule has 1 fully saturated rings. The maximum Gasteiger partial charge on any atom is 0.213 e. The van der Waals surface area contributed by atoms with Gasteiger partial charge >= 0.3 is 0 Å². The maximum absolute atomic E-state index is 5.74. The van der Waals surface area contributed by atoms with Gasteiger partial charge in [-0.3, -0.25) is 4.99 Å². The van der Waals surface area contributed by atoms with Crippen molar-refractivity contribution in [2.75, 3.05) is 40.0 Å². The molecule has 2 rings (SSSR count). The molecule has 1 saturated heterocycles. The van der Waals surface area contributed by atoms with Crippen LogP contribution in [0.3, 0.4) is 0 Å². The van der Waals surface area contributed by atoms with Gasteiger partial charge in [0, 0.05) is 45.6 Å². The van der Waals surface area contributed by atoms with Crippen LogP contribution in [0.15, 0.2) is 23.3 Å². The smallest absolute Gasteiger partial charge is 0.213 e. The lowest BCUT2D eigenvalue weighted by Crippen LogP contribution is -2.37. The lowest BCUT2D eigenvalue weighted by molar-refractivity contribution is 0.0420. The number of ether oxygens (including phenoxy) is 3. The van der Waals surface area contributed by atoms with Crippen molar-refractivity contribution < 1.29 is 14.2 Å². The van der Waals surface area contributed by atoms with Gasteiger partial charge in [-0.15, -0.1) is 0 Å². The summed E-state index contributed by atoms with van der Waals surface area (Å²) in [4.78, 5) is 8.38. The van der Waals surface area contributed by atoms with Gasteiger partial charge in [-0.1, -0.05) is 0 Å². The Labute approximate surface area is 143 Å². The number of nitrogens with one attached hydrogen (secondary N) is 2. The standard InChI is InChI=1S/C17H28N4O3/c1-3-23-16-11-14(5-8-19-16)12-21-17(18-2)20-7-4-9-24-15-6-10-22-13-15/h5,8,11,15H,3-4,6-7,9-10,12-13H2,1-2H3,(H2,18,20,21). The summed E-state index contributed by atoms with van der Waals surface area (Å²) in [6.45, 7) is 6.32. The van der Waals surface area contributed by atoms with Crippen LogP contribution in [0.25, 0.3) is 0 Å². The topological polar surface area (TPSA) is 77.0 Å². The number of pyridine rings is 1. The fourth-order valence-corrected chi connectivity index (χ4v) is 2.37. The third kappa shape index (κ3) is 6.72. The largest absolute Gasteiger partial charge is 0.478 e. The predicted molar refractivity (Wildman–Crippen MR) is 93.4 cm³/mol. The van der Waals surface area contributed by atoms with Crippen molar-refractivity contribution in [2.24, 2.45) is 4.99 Å². The van der Waals surface area contributed by atoms with E-state index in [0.29, 0.717) is 19.0 Å². The molecule has 1 aromatic rings. The summed E-state index contributed by atoms with van der Waals surface area (Å²) in [5, 5.41) is 6.57. The van der Waals surface area contributed by atoms with E-state index >= 15 is 0 Å². The molecule has 0 bridgehead atoms. The molecule has 2 N–H and O–H groups in total. The number of guanidine groups is 1. The van der Waals surface area contributed by atoms with E-state index in [9.17, 15) is 0 Å². The van der Waals surface area contributed by atoms with Crippen LogP contribution in [0, 0.1) is 0 Å². The summed E-state index contributed by atoms with van der Waals surface area (Å²) < 4.78 is 16.4. The van der Waals surface area contributed by atoms with Crippen LogP contribution in [-0.2, 0) is 16.0 Å².